The molecule has 88 valence electrons. The molecule has 0 saturated heterocycles. The zero-order valence-corrected chi connectivity index (χ0v) is 9.87. The van der Waals surface area contributed by atoms with E-state index in [-0.39, 0.29) is 17.4 Å². The van der Waals surface area contributed by atoms with Gasteiger partial charge in [-0.25, -0.2) is 9.37 Å². The molecule has 0 amide bonds. The quantitative estimate of drug-likeness (QED) is 0.671. The molecule has 6 heteroatoms. The van der Waals surface area contributed by atoms with Gasteiger partial charge in [-0.3, -0.25) is 0 Å². The van der Waals surface area contributed by atoms with Gasteiger partial charge in [0, 0.05) is 6.07 Å². The van der Waals surface area contributed by atoms with E-state index in [0.29, 0.717) is 5.16 Å². The molecule has 4 nitrogen and oxygen atoms in total. The Kier molecular flexibility index (Phi) is 3.43. The van der Waals surface area contributed by atoms with Crippen LogP contribution < -0.4 is 10.5 Å². The van der Waals surface area contributed by atoms with Crippen LogP contribution in [0.4, 0.5) is 10.2 Å². The summed E-state index contributed by atoms with van der Waals surface area (Å²) in [7, 11) is 0. The third-order valence-electron chi connectivity index (χ3n) is 1.94. The van der Waals surface area contributed by atoms with Gasteiger partial charge < -0.3 is 10.5 Å². The third-order valence-corrected chi connectivity index (χ3v) is 2.48. The van der Waals surface area contributed by atoms with Crippen molar-refractivity contribution in [1.82, 2.24) is 9.97 Å². The summed E-state index contributed by atoms with van der Waals surface area (Å²) >= 11 is 1.34. The first kappa shape index (κ1) is 11.7. The molecule has 1 heterocycles. The zero-order chi connectivity index (χ0) is 12.3. The van der Waals surface area contributed by atoms with E-state index in [9.17, 15) is 4.39 Å². The smallest absolute Gasteiger partial charge is 0.225 e. The van der Waals surface area contributed by atoms with Crippen molar-refractivity contribution in [2.45, 2.75) is 5.16 Å². The second kappa shape index (κ2) is 5.01. The Morgan fingerprint density at radius 2 is 2.06 bits per heavy atom. The average Bonchev–Trinajstić information content (AvgIpc) is 2.31. The van der Waals surface area contributed by atoms with Gasteiger partial charge in [-0.2, -0.15) is 4.98 Å². The zero-order valence-electron chi connectivity index (χ0n) is 9.05. The van der Waals surface area contributed by atoms with Crippen LogP contribution in [-0.4, -0.2) is 16.2 Å². The first-order chi connectivity index (χ1) is 8.19. The van der Waals surface area contributed by atoms with Gasteiger partial charge in [-0.1, -0.05) is 23.9 Å². The van der Waals surface area contributed by atoms with E-state index < -0.39 is 5.82 Å². The minimum absolute atomic E-state index is 0.109. The van der Waals surface area contributed by atoms with Gasteiger partial charge in [0.05, 0.1) is 0 Å². The maximum absolute atomic E-state index is 13.4. The monoisotopic (exact) mass is 251 g/mol. The summed E-state index contributed by atoms with van der Waals surface area (Å²) in [4.78, 5) is 8.04. The molecule has 0 fully saturated rings. The lowest BCUT2D eigenvalue weighted by atomic mass is 10.3. The fourth-order valence-electron chi connectivity index (χ4n) is 1.20. The lowest BCUT2D eigenvalue weighted by Gasteiger charge is -2.06. The molecule has 2 N–H and O–H groups in total. The number of nitrogens with two attached hydrogens (primary N) is 1. The largest absolute Gasteiger partial charge is 0.436 e. The number of ether oxygens (including phenoxy) is 1. The molecule has 0 bridgehead atoms. The van der Waals surface area contributed by atoms with Gasteiger partial charge >= 0.3 is 0 Å². The number of hydrogen-bond acceptors (Lipinski definition) is 5. The van der Waals surface area contributed by atoms with Gasteiger partial charge in [0.25, 0.3) is 0 Å². The number of benzene rings is 1. The van der Waals surface area contributed by atoms with Crippen LogP contribution in [0, 0.1) is 5.82 Å². The van der Waals surface area contributed by atoms with Crippen LogP contribution in [-0.2, 0) is 0 Å². The minimum atomic E-state index is -0.449. The van der Waals surface area contributed by atoms with E-state index in [2.05, 4.69) is 9.97 Å². The van der Waals surface area contributed by atoms with Gasteiger partial charge in [0.1, 0.15) is 5.82 Å². The predicted molar refractivity (Wildman–Crippen MR) is 64.7 cm³/mol. The molecule has 0 aliphatic carbocycles. The Labute approximate surface area is 102 Å². The molecule has 0 aliphatic rings. The summed E-state index contributed by atoms with van der Waals surface area (Å²) in [6.07, 6.45) is 1.82. The van der Waals surface area contributed by atoms with E-state index in [1.54, 1.807) is 12.1 Å². The molecule has 0 aliphatic heterocycles. The minimum Gasteiger partial charge on any atom is -0.436 e. The molecule has 2 rings (SSSR count). The lowest BCUT2D eigenvalue weighted by molar-refractivity contribution is 0.422. The molecule has 0 saturated carbocycles. The number of hydrogen-bond donors (Lipinski definition) is 1. The van der Waals surface area contributed by atoms with E-state index in [1.807, 2.05) is 6.26 Å². The van der Waals surface area contributed by atoms with Crippen molar-refractivity contribution in [2.24, 2.45) is 0 Å². The molecule has 0 spiro atoms. The van der Waals surface area contributed by atoms with E-state index in [0.717, 1.165) is 0 Å². The number of nitrogen functional groups attached to an aromatic ring is 1. The normalized spacial score (nSPS) is 10.2. The van der Waals surface area contributed by atoms with Crippen molar-refractivity contribution in [3.8, 4) is 11.6 Å². The Bertz CT molecular complexity index is 536. The Balaban J connectivity index is 2.30. The highest BCUT2D eigenvalue weighted by Crippen LogP contribution is 2.24. The van der Waals surface area contributed by atoms with E-state index in [1.165, 1.54) is 30.0 Å². The number of nitrogens with zero attached hydrogens (tertiary/aromatic N) is 2. The van der Waals surface area contributed by atoms with Crippen molar-refractivity contribution >= 4 is 17.6 Å². The molecule has 1 aromatic carbocycles. The second-order valence-corrected chi connectivity index (χ2v) is 3.92. The van der Waals surface area contributed by atoms with Crippen molar-refractivity contribution < 1.29 is 9.13 Å². The maximum Gasteiger partial charge on any atom is 0.225 e. The fraction of sp³-hybridized carbons (Fsp3) is 0.0909. The maximum atomic E-state index is 13.4. The van der Waals surface area contributed by atoms with Gasteiger partial charge in [0.15, 0.2) is 16.7 Å². The van der Waals surface area contributed by atoms with E-state index in [4.69, 9.17) is 10.5 Å². The standard InChI is InChI=1S/C11H10FN3OS/c1-17-11-14-9(13)6-10(15-11)16-8-5-3-2-4-7(8)12/h2-6H,1H3,(H2,13,14,15). The summed E-state index contributed by atoms with van der Waals surface area (Å²) in [5, 5.41) is 0.483. The van der Waals surface area contributed by atoms with Crippen molar-refractivity contribution in [3.63, 3.8) is 0 Å². The number of aromatic nitrogens is 2. The molecule has 0 unspecified atom stereocenters. The van der Waals surface area contributed by atoms with Crippen molar-refractivity contribution in [3.05, 3.63) is 36.1 Å². The van der Waals surface area contributed by atoms with Crippen molar-refractivity contribution in [2.75, 3.05) is 12.0 Å². The predicted octanol–water partition coefficient (Wildman–Crippen LogP) is 2.71. The SMILES string of the molecule is CSc1nc(N)cc(Oc2ccccc2F)n1. The highest BCUT2D eigenvalue weighted by atomic mass is 32.2. The summed E-state index contributed by atoms with van der Waals surface area (Å²) in [5.41, 5.74) is 5.59. The van der Waals surface area contributed by atoms with Crippen LogP contribution in [0.5, 0.6) is 11.6 Å². The van der Waals surface area contributed by atoms with Crippen molar-refractivity contribution in [1.29, 1.82) is 0 Å². The van der Waals surface area contributed by atoms with Crippen LogP contribution in [0.15, 0.2) is 35.5 Å². The third kappa shape index (κ3) is 2.85. The van der Waals surface area contributed by atoms with Crippen LogP contribution in [0.2, 0.25) is 0 Å². The highest BCUT2D eigenvalue weighted by molar-refractivity contribution is 7.98. The summed E-state index contributed by atoms with van der Waals surface area (Å²) < 4.78 is 18.7. The fourth-order valence-corrected chi connectivity index (χ4v) is 1.58. The van der Waals surface area contributed by atoms with Gasteiger partial charge in [0.2, 0.25) is 5.88 Å². The molecular formula is C11H10FN3OS. The molecule has 0 radical (unpaired) electrons. The molecule has 17 heavy (non-hydrogen) atoms. The van der Waals surface area contributed by atoms with Crippen LogP contribution in [0.3, 0.4) is 0 Å². The summed E-state index contributed by atoms with van der Waals surface area (Å²) in [5.74, 6) is 0.177. The topological polar surface area (TPSA) is 61.0 Å². The summed E-state index contributed by atoms with van der Waals surface area (Å²) in [6, 6.07) is 7.55. The van der Waals surface area contributed by atoms with Gasteiger partial charge in [-0.15, -0.1) is 0 Å². The van der Waals surface area contributed by atoms with Crippen LogP contribution in [0.1, 0.15) is 0 Å². The molecule has 0 atom stereocenters. The Hall–Kier alpha value is -1.82. The number of rotatable bonds is 3. The van der Waals surface area contributed by atoms with Crippen LogP contribution >= 0.6 is 11.8 Å². The van der Waals surface area contributed by atoms with E-state index >= 15 is 0 Å². The highest BCUT2D eigenvalue weighted by Gasteiger charge is 2.07. The number of anilines is 1. The first-order valence-corrected chi connectivity index (χ1v) is 6.02. The lowest BCUT2D eigenvalue weighted by Crippen LogP contribution is -1.98. The number of thioether (sulfide) groups is 1. The number of para-hydroxylation sites is 1. The second-order valence-electron chi connectivity index (χ2n) is 3.15. The van der Waals surface area contributed by atoms with Gasteiger partial charge in [-0.05, 0) is 18.4 Å². The molecular weight excluding hydrogens is 241 g/mol. The Morgan fingerprint density at radius 1 is 1.29 bits per heavy atom. The Morgan fingerprint density at radius 3 is 2.76 bits per heavy atom. The molecule has 2 aromatic rings. The van der Waals surface area contributed by atoms with Crippen LogP contribution in [0.25, 0.3) is 0 Å². The first-order valence-electron chi connectivity index (χ1n) is 4.80. The number of halogens is 1. The molecule has 1 aromatic heterocycles. The summed E-state index contributed by atoms with van der Waals surface area (Å²) in [6.45, 7) is 0. The average molecular weight is 251 g/mol.